The van der Waals surface area contributed by atoms with Crippen LogP contribution in [0.2, 0.25) is 0 Å². The van der Waals surface area contributed by atoms with Crippen LogP contribution in [0.25, 0.3) is 0 Å². The van der Waals surface area contributed by atoms with Crippen molar-refractivity contribution in [1.82, 2.24) is 0 Å². The van der Waals surface area contributed by atoms with Crippen LogP contribution in [0.4, 0.5) is 8.78 Å². The van der Waals surface area contributed by atoms with E-state index in [-0.39, 0.29) is 5.92 Å². The molecule has 5 heteroatoms. The van der Waals surface area contributed by atoms with Gasteiger partial charge in [0.05, 0.1) is 0 Å². The van der Waals surface area contributed by atoms with E-state index in [9.17, 15) is 17.5 Å². The van der Waals surface area contributed by atoms with Gasteiger partial charge < -0.3 is 4.55 Å². The number of hydrogen-bond donors (Lipinski definition) is 0. The van der Waals surface area contributed by atoms with E-state index in [1.165, 1.54) is 0 Å². The molecule has 0 heterocycles. The molecule has 2 rings (SSSR count). The minimum Gasteiger partial charge on any atom is -0.768 e. The number of fused-ring (bicyclic) bond motifs is 1. The molecule has 2 aliphatic carbocycles. The summed E-state index contributed by atoms with van der Waals surface area (Å²) in [7, 11) is 0. The normalized spacial score (nSPS) is 42.4. The van der Waals surface area contributed by atoms with Gasteiger partial charge in [0.15, 0.2) is 0 Å². The van der Waals surface area contributed by atoms with Crippen molar-refractivity contribution in [2.75, 3.05) is 0 Å². The van der Waals surface area contributed by atoms with Gasteiger partial charge in [0, 0.05) is 17.0 Å². The van der Waals surface area contributed by atoms with Crippen LogP contribution >= 0.6 is 0 Å². The molecule has 0 bridgehead atoms. The van der Waals surface area contributed by atoms with Crippen molar-refractivity contribution in [2.24, 2.45) is 17.8 Å². The first-order valence-corrected chi connectivity index (χ1v) is 5.08. The molecule has 0 amide bonds. The first-order chi connectivity index (χ1) is 5.53. The number of alkyl halides is 2. The maximum atomic E-state index is 12.8. The van der Waals surface area contributed by atoms with Gasteiger partial charge in [0.2, 0.25) is 0 Å². The third-order valence-corrected chi connectivity index (χ3v) is 3.95. The predicted octanol–water partition coefficient (Wildman–Crippen LogP) is 1.50. The van der Waals surface area contributed by atoms with Crippen LogP contribution in [0, 0.1) is 17.8 Å². The Balaban J connectivity index is 2.05. The molecule has 0 saturated heterocycles. The molecule has 2 fully saturated rings. The molecule has 4 atom stereocenters. The first kappa shape index (κ1) is 8.56. The zero-order chi connectivity index (χ0) is 8.93. The lowest BCUT2D eigenvalue weighted by Gasteiger charge is -2.55. The lowest BCUT2D eigenvalue weighted by atomic mass is 9.53. The monoisotopic (exact) mass is 195 g/mol. The van der Waals surface area contributed by atoms with Gasteiger partial charge in [-0.15, -0.1) is 0 Å². The van der Waals surface area contributed by atoms with E-state index < -0.39 is 22.3 Å². The summed E-state index contributed by atoms with van der Waals surface area (Å²) in [6, 6.07) is 0. The molecule has 12 heavy (non-hydrogen) atoms. The van der Waals surface area contributed by atoms with Gasteiger partial charge in [-0.2, -0.15) is 8.78 Å². The Morgan fingerprint density at radius 2 is 2.08 bits per heavy atom. The Kier molecular flexibility index (Phi) is 1.77. The van der Waals surface area contributed by atoms with Crippen LogP contribution in [0.15, 0.2) is 0 Å². The molecule has 0 radical (unpaired) electrons. The van der Waals surface area contributed by atoms with Gasteiger partial charge in [-0.1, -0.05) is 0 Å². The van der Waals surface area contributed by atoms with Gasteiger partial charge in [0.25, 0.3) is 0 Å². The van der Waals surface area contributed by atoms with E-state index in [1.807, 2.05) is 0 Å². The Labute approximate surface area is 71.6 Å². The second kappa shape index (κ2) is 2.48. The largest absolute Gasteiger partial charge is 0.768 e. The molecule has 0 N–H and O–H groups in total. The van der Waals surface area contributed by atoms with Gasteiger partial charge in [-0.3, -0.25) is 4.21 Å². The molecular formula is C7H9F2O2S-. The van der Waals surface area contributed by atoms with Crippen LogP contribution in [-0.2, 0) is 11.1 Å². The minimum atomic E-state index is -3.48. The lowest BCUT2D eigenvalue weighted by molar-refractivity contribution is -0.131. The molecular weight excluding hydrogens is 186 g/mol. The molecule has 0 aliphatic heterocycles. The van der Waals surface area contributed by atoms with E-state index in [4.69, 9.17) is 0 Å². The van der Waals surface area contributed by atoms with Crippen molar-refractivity contribution >= 4 is 11.1 Å². The van der Waals surface area contributed by atoms with Gasteiger partial charge >= 0.3 is 5.25 Å². The molecule has 2 saturated carbocycles. The second-order valence-corrected chi connectivity index (χ2v) is 4.65. The van der Waals surface area contributed by atoms with Crippen molar-refractivity contribution < 1.29 is 17.5 Å². The highest BCUT2D eigenvalue weighted by atomic mass is 32.2. The number of rotatable bonds is 2. The highest BCUT2D eigenvalue weighted by molar-refractivity contribution is 7.80. The average Bonchev–Trinajstić information content (AvgIpc) is 1.94. The highest BCUT2D eigenvalue weighted by Crippen LogP contribution is 2.59. The summed E-state index contributed by atoms with van der Waals surface area (Å²) in [6.07, 6.45) is 2.18. The van der Waals surface area contributed by atoms with E-state index in [0.717, 1.165) is 12.8 Å². The van der Waals surface area contributed by atoms with Crippen LogP contribution in [0.5, 0.6) is 0 Å². The fourth-order valence-electron chi connectivity index (χ4n) is 2.23. The van der Waals surface area contributed by atoms with Gasteiger partial charge in [-0.05, 0) is 31.1 Å². The van der Waals surface area contributed by atoms with Gasteiger partial charge in [0.1, 0.15) is 0 Å². The number of hydrogen-bond acceptors (Lipinski definition) is 2. The van der Waals surface area contributed by atoms with Crippen LogP contribution < -0.4 is 0 Å². The molecule has 70 valence electrons. The zero-order valence-electron chi connectivity index (χ0n) is 6.33. The van der Waals surface area contributed by atoms with Crippen molar-refractivity contribution in [2.45, 2.75) is 24.5 Å². The third-order valence-electron chi connectivity index (χ3n) is 3.20. The average molecular weight is 195 g/mol. The van der Waals surface area contributed by atoms with Crippen LogP contribution in [0.1, 0.15) is 19.3 Å². The Bertz CT molecular complexity index is 231. The minimum absolute atomic E-state index is 0.0158. The summed E-state index contributed by atoms with van der Waals surface area (Å²) >= 11 is -3.24. The smallest absolute Gasteiger partial charge is 0.312 e. The summed E-state index contributed by atoms with van der Waals surface area (Å²) in [5.41, 5.74) is 0. The van der Waals surface area contributed by atoms with E-state index >= 15 is 0 Å². The van der Waals surface area contributed by atoms with Gasteiger partial charge in [-0.25, -0.2) is 0 Å². The highest BCUT2D eigenvalue weighted by Gasteiger charge is 2.58. The number of halogens is 2. The fraction of sp³-hybridized carbons (Fsp3) is 1.00. The molecule has 0 aromatic heterocycles. The van der Waals surface area contributed by atoms with Crippen molar-refractivity contribution in [3.63, 3.8) is 0 Å². The van der Waals surface area contributed by atoms with Crippen molar-refractivity contribution in [3.05, 3.63) is 0 Å². The molecule has 4 unspecified atom stereocenters. The third kappa shape index (κ3) is 0.956. The van der Waals surface area contributed by atoms with Crippen molar-refractivity contribution in [1.29, 1.82) is 0 Å². The summed E-state index contributed by atoms with van der Waals surface area (Å²) in [6.45, 7) is 0. The molecule has 0 spiro atoms. The summed E-state index contributed by atoms with van der Waals surface area (Å²) in [4.78, 5) is 0. The topological polar surface area (TPSA) is 40.1 Å². The summed E-state index contributed by atoms with van der Waals surface area (Å²) in [5.74, 6) is -0.517. The Morgan fingerprint density at radius 3 is 2.33 bits per heavy atom. The maximum absolute atomic E-state index is 12.8. The van der Waals surface area contributed by atoms with E-state index in [1.54, 1.807) is 0 Å². The van der Waals surface area contributed by atoms with E-state index in [2.05, 4.69) is 0 Å². The van der Waals surface area contributed by atoms with E-state index in [0.29, 0.717) is 12.3 Å². The van der Waals surface area contributed by atoms with Crippen LogP contribution in [-0.4, -0.2) is 14.0 Å². The zero-order valence-corrected chi connectivity index (χ0v) is 7.15. The Morgan fingerprint density at radius 1 is 1.42 bits per heavy atom. The predicted molar refractivity (Wildman–Crippen MR) is 38.2 cm³/mol. The van der Waals surface area contributed by atoms with Crippen molar-refractivity contribution in [3.8, 4) is 0 Å². The molecule has 0 aromatic carbocycles. The quantitative estimate of drug-likeness (QED) is 0.626. The summed E-state index contributed by atoms with van der Waals surface area (Å²) in [5, 5.41) is -3.48. The molecule has 2 aliphatic rings. The van der Waals surface area contributed by atoms with Crippen LogP contribution in [0.3, 0.4) is 0 Å². The SMILES string of the molecule is O=S([O-])C(F)(F)C1CC2CCC21. The lowest BCUT2D eigenvalue weighted by Crippen LogP contribution is -2.53. The second-order valence-electron chi connectivity index (χ2n) is 3.64. The first-order valence-electron chi connectivity index (χ1n) is 4.00. The standard InChI is InChI=1S/C7H10F2O2S/c8-7(9,12(10)11)6-3-4-1-2-5(4)6/h4-6H,1-3H2,(H,10,11)/p-1. The Hall–Kier alpha value is -0.0300. The fourth-order valence-corrected chi connectivity index (χ4v) is 2.75. The maximum Gasteiger partial charge on any atom is 0.312 e. The summed E-state index contributed by atoms with van der Waals surface area (Å²) < 4.78 is 46.0. The molecule has 2 nitrogen and oxygen atoms in total. The molecule has 0 aromatic rings.